The molecule has 4 heteroatoms. The Hall–Kier alpha value is -1.06. The Morgan fingerprint density at radius 2 is 1.70 bits per heavy atom. The van der Waals surface area contributed by atoms with Crippen molar-refractivity contribution in [1.29, 1.82) is 0 Å². The fourth-order valence-corrected chi connectivity index (χ4v) is 2.67. The number of carbonyl (C=O) groups is 2. The van der Waals surface area contributed by atoms with Gasteiger partial charge in [-0.25, -0.2) is 0 Å². The molecule has 0 aromatic carbocycles. The number of carbonyl (C=O) groups excluding carboxylic acids is 2. The van der Waals surface area contributed by atoms with Crippen molar-refractivity contribution in [2.75, 3.05) is 6.54 Å². The lowest BCUT2D eigenvalue weighted by molar-refractivity contribution is -0.153. The van der Waals surface area contributed by atoms with Crippen LogP contribution in [0.4, 0.5) is 0 Å². The van der Waals surface area contributed by atoms with E-state index in [9.17, 15) is 9.59 Å². The van der Waals surface area contributed by atoms with Crippen LogP contribution in [0.1, 0.15) is 54.4 Å². The molecule has 0 bridgehead atoms. The fraction of sp³-hybridized carbons (Fsp3) is 0.875. The lowest BCUT2D eigenvalue weighted by Crippen LogP contribution is -2.66. The number of piperazine rings is 1. The Balaban J connectivity index is 3.03. The van der Waals surface area contributed by atoms with Gasteiger partial charge in [-0.15, -0.1) is 0 Å². The van der Waals surface area contributed by atoms with E-state index in [1.54, 1.807) is 0 Å². The van der Waals surface area contributed by atoms with Gasteiger partial charge < -0.3 is 10.2 Å². The molecule has 4 unspecified atom stereocenters. The zero-order valence-electron chi connectivity index (χ0n) is 13.8. The molecular formula is C16H30N2O2. The Morgan fingerprint density at radius 1 is 1.10 bits per heavy atom. The molecule has 0 aromatic rings. The summed E-state index contributed by atoms with van der Waals surface area (Å²) in [5, 5.41) is 2.92. The van der Waals surface area contributed by atoms with Crippen LogP contribution < -0.4 is 5.32 Å². The van der Waals surface area contributed by atoms with E-state index in [1.165, 1.54) is 0 Å². The van der Waals surface area contributed by atoms with Gasteiger partial charge >= 0.3 is 0 Å². The summed E-state index contributed by atoms with van der Waals surface area (Å²) in [6, 6.07) is -0.677. The van der Waals surface area contributed by atoms with Crippen molar-refractivity contribution in [3.63, 3.8) is 0 Å². The largest absolute Gasteiger partial charge is 0.342 e. The van der Waals surface area contributed by atoms with Crippen LogP contribution in [0.15, 0.2) is 0 Å². The lowest BCUT2D eigenvalue weighted by atomic mass is 9.89. The molecule has 0 aliphatic carbocycles. The van der Waals surface area contributed by atoms with Gasteiger partial charge in [-0.05, 0) is 17.8 Å². The molecule has 1 fully saturated rings. The lowest BCUT2D eigenvalue weighted by Gasteiger charge is -2.43. The average molecular weight is 282 g/mol. The van der Waals surface area contributed by atoms with Gasteiger partial charge in [-0.2, -0.15) is 0 Å². The SMILES string of the molecule is CCC(C)CN1C(=O)C(C(C)C)NC(=O)C1C(C)CC. The molecule has 1 aliphatic rings. The first-order chi connectivity index (χ1) is 9.33. The van der Waals surface area contributed by atoms with E-state index < -0.39 is 0 Å². The minimum absolute atomic E-state index is 0.0148. The number of amides is 2. The van der Waals surface area contributed by atoms with Gasteiger partial charge in [0.1, 0.15) is 12.1 Å². The van der Waals surface area contributed by atoms with Crippen LogP contribution in [0.25, 0.3) is 0 Å². The fourth-order valence-electron chi connectivity index (χ4n) is 2.67. The minimum Gasteiger partial charge on any atom is -0.342 e. The quantitative estimate of drug-likeness (QED) is 0.813. The van der Waals surface area contributed by atoms with E-state index in [2.05, 4.69) is 33.0 Å². The molecule has 1 saturated heterocycles. The molecule has 1 aliphatic heterocycles. The second kappa shape index (κ2) is 7.09. The Labute approximate surface area is 123 Å². The summed E-state index contributed by atoms with van der Waals surface area (Å²) in [7, 11) is 0. The van der Waals surface area contributed by atoms with Crippen LogP contribution in [0.2, 0.25) is 0 Å². The summed E-state index contributed by atoms with van der Waals surface area (Å²) in [4.78, 5) is 27.0. The summed E-state index contributed by atoms with van der Waals surface area (Å²) >= 11 is 0. The molecule has 1 heterocycles. The van der Waals surface area contributed by atoms with Crippen molar-refractivity contribution >= 4 is 11.8 Å². The zero-order valence-corrected chi connectivity index (χ0v) is 13.8. The Morgan fingerprint density at radius 3 is 2.15 bits per heavy atom. The van der Waals surface area contributed by atoms with Crippen molar-refractivity contribution in [3.8, 4) is 0 Å². The minimum atomic E-state index is -0.369. The van der Waals surface area contributed by atoms with Gasteiger partial charge in [0.05, 0.1) is 0 Å². The van der Waals surface area contributed by atoms with Crippen LogP contribution in [0, 0.1) is 17.8 Å². The molecular weight excluding hydrogens is 252 g/mol. The summed E-state index contributed by atoms with van der Waals surface area (Å²) in [5.41, 5.74) is 0. The highest BCUT2D eigenvalue weighted by Gasteiger charge is 2.43. The third-order valence-electron chi connectivity index (χ3n) is 4.51. The van der Waals surface area contributed by atoms with Crippen molar-refractivity contribution in [2.24, 2.45) is 17.8 Å². The van der Waals surface area contributed by atoms with E-state index in [0.29, 0.717) is 12.5 Å². The highest BCUT2D eigenvalue weighted by Crippen LogP contribution is 2.24. The van der Waals surface area contributed by atoms with E-state index in [1.807, 2.05) is 18.7 Å². The molecule has 1 N–H and O–H groups in total. The van der Waals surface area contributed by atoms with Gasteiger partial charge in [0, 0.05) is 6.54 Å². The molecule has 0 spiro atoms. The second-order valence-electron chi connectivity index (χ2n) is 6.56. The maximum Gasteiger partial charge on any atom is 0.246 e. The smallest absolute Gasteiger partial charge is 0.246 e. The molecule has 20 heavy (non-hydrogen) atoms. The highest BCUT2D eigenvalue weighted by atomic mass is 16.2. The third kappa shape index (κ3) is 3.53. The van der Waals surface area contributed by atoms with E-state index in [4.69, 9.17) is 0 Å². The summed E-state index contributed by atoms with van der Waals surface area (Å²) in [6.07, 6.45) is 1.92. The molecule has 2 amide bonds. The highest BCUT2D eigenvalue weighted by molar-refractivity contribution is 5.97. The summed E-state index contributed by atoms with van der Waals surface area (Å²) in [5.74, 6) is 0.843. The van der Waals surface area contributed by atoms with Crippen LogP contribution in [0.5, 0.6) is 0 Å². The Kier molecular flexibility index (Phi) is 6.03. The van der Waals surface area contributed by atoms with E-state index in [0.717, 1.165) is 12.8 Å². The van der Waals surface area contributed by atoms with Gasteiger partial charge in [0.2, 0.25) is 11.8 Å². The normalized spacial score (nSPS) is 26.6. The van der Waals surface area contributed by atoms with Crippen LogP contribution in [0.3, 0.4) is 0 Å². The van der Waals surface area contributed by atoms with Crippen LogP contribution in [-0.2, 0) is 9.59 Å². The predicted molar refractivity (Wildman–Crippen MR) is 81.2 cm³/mol. The maximum atomic E-state index is 12.7. The topological polar surface area (TPSA) is 49.4 Å². The molecule has 1 rings (SSSR count). The van der Waals surface area contributed by atoms with Crippen molar-refractivity contribution in [1.82, 2.24) is 10.2 Å². The number of hydrogen-bond donors (Lipinski definition) is 1. The monoisotopic (exact) mass is 282 g/mol. The number of nitrogens with one attached hydrogen (secondary N) is 1. The van der Waals surface area contributed by atoms with Gasteiger partial charge in [-0.1, -0.05) is 54.4 Å². The van der Waals surface area contributed by atoms with E-state index >= 15 is 0 Å². The first-order valence-electron chi connectivity index (χ1n) is 7.94. The van der Waals surface area contributed by atoms with Gasteiger partial charge in [0.25, 0.3) is 0 Å². The molecule has 116 valence electrons. The number of hydrogen-bond acceptors (Lipinski definition) is 2. The predicted octanol–water partition coefficient (Wildman–Crippen LogP) is 2.43. The molecule has 0 radical (unpaired) electrons. The van der Waals surface area contributed by atoms with E-state index in [-0.39, 0.29) is 35.7 Å². The summed E-state index contributed by atoms with van der Waals surface area (Å²) < 4.78 is 0. The van der Waals surface area contributed by atoms with Crippen LogP contribution in [-0.4, -0.2) is 35.3 Å². The first-order valence-corrected chi connectivity index (χ1v) is 7.94. The number of nitrogens with zero attached hydrogens (tertiary/aromatic N) is 1. The van der Waals surface area contributed by atoms with Gasteiger partial charge in [0.15, 0.2) is 0 Å². The zero-order chi connectivity index (χ0) is 15.4. The molecule has 0 saturated carbocycles. The van der Waals surface area contributed by atoms with Crippen molar-refractivity contribution in [3.05, 3.63) is 0 Å². The Bertz CT molecular complexity index is 354. The molecule has 0 aromatic heterocycles. The first kappa shape index (κ1) is 17.0. The molecule has 4 atom stereocenters. The standard InChI is InChI=1S/C16H30N2O2/c1-7-11(5)9-18-14(12(6)8-2)15(19)17-13(10(3)4)16(18)20/h10-14H,7-9H2,1-6H3,(H,17,19). The summed E-state index contributed by atoms with van der Waals surface area (Å²) in [6.45, 7) is 13.0. The maximum absolute atomic E-state index is 12.7. The second-order valence-corrected chi connectivity index (χ2v) is 6.56. The average Bonchev–Trinajstić information content (AvgIpc) is 2.41. The molecule has 4 nitrogen and oxygen atoms in total. The number of rotatable bonds is 6. The van der Waals surface area contributed by atoms with Crippen molar-refractivity contribution < 1.29 is 9.59 Å². The van der Waals surface area contributed by atoms with Gasteiger partial charge in [-0.3, -0.25) is 9.59 Å². The van der Waals surface area contributed by atoms with Crippen LogP contribution >= 0.6 is 0 Å². The van der Waals surface area contributed by atoms with Crippen molar-refractivity contribution in [2.45, 2.75) is 66.5 Å². The third-order valence-corrected chi connectivity index (χ3v) is 4.51.